The average Bonchev–Trinajstić information content (AvgIpc) is 3.33. The summed E-state index contributed by atoms with van der Waals surface area (Å²) < 4.78 is 7.93. The van der Waals surface area contributed by atoms with Gasteiger partial charge in [-0.05, 0) is 42.7 Å². The first kappa shape index (κ1) is 25.6. The largest absolute Gasteiger partial charge is 0.493 e. The number of unbranched alkanes of at least 4 members (excludes halogenated alkanes) is 2. The van der Waals surface area contributed by atoms with Crippen LogP contribution >= 0.6 is 24.0 Å². The average molecular weight is 548 g/mol. The number of aromatic nitrogens is 3. The molecule has 0 fully saturated rings. The van der Waals surface area contributed by atoms with Crippen LogP contribution in [0, 0.1) is 6.92 Å². The van der Waals surface area contributed by atoms with E-state index in [9.17, 15) is 0 Å². The summed E-state index contributed by atoms with van der Waals surface area (Å²) in [6.07, 6.45) is 10.6. The fraction of sp³-hybridized carbons (Fsp3) is 0.375. The molecule has 0 bridgehead atoms. The maximum absolute atomic E-state index is 6.05. The number of hydrogen-bond acceptors (Lipinski definition) is 4. The Kier molecular flexibility index (Phi) is 11.0. The summed E-state index contributed by atoms with van der Waals surface area (Å²) >= 11 is 0. The van der Waals surface area contributed by atoms with Gasteiger partial charge in [0.25, 0.3) is 0 Å². The zero-order chi connectivity index (χ0) is 21.9. The van der Waals surface area contributed by atoms with E-state index in [-0.39, 0.29) is 24.0 Å². The molecule has 0 aliphatic heterocycles. The molecule has 0 saturated heterocycles. The third-order valence-corrected chi connectivity index (χ3v) is 4.94. The van der Waals surface area contributed by atoms with Gasteiger partial charge in [0, 0.05) is 44.3 Å². The highest BCUT2D eigenvalue weighted by atomic mass is 127. The highest BCUT2D eigenvalue weighted by molar-refractivity contribution is 14.0. The van der Waals surface area contributed by atoms with Crippen LogP contribution in [0.3, 0.4) is 0 Å². The summed E-state index contributed by atoms with van der Waals surface area (Å²) in [7, 11) is 1.77. The van der Waals surface area contributed by atoms with Gasteiger partial charge >= 0.3 is 0 Å². The predicted octanol–water partition coefficient (Wildman–Crippen LogP) is 4.63. The van der Waals surface area contributed by atoms with E-state index in [0.717, 1.165) is 41.7 Å². The highest BCUT2D eigenvalue weighted by Crippen LogP contribution is 2.21. The first-order valence-electron chi connectivity index (χ1n) is 10.8. The van der Waals surface area contributed by atoms with Gasteiger partial charge in [-0.2, -0.15) is 0 Å². The maximum Gasteiger partial charge on any atom is 0.191 e. The van der Waals surface area contributed by atoms with Crippen LogP contribution in [-0.4, -0.2) is 34.1 Å². The molecule has 1 aromatic carbocycles. The maximum atomic E-state index is 6.05. The number of aryl methyl sites for hydroxylation is 1. The molecule has 2 aromatic heterocycles. The Bertz CT molecular complexity index is 974. The van der Waals surface area contributed by atoms with Gasteiger partial charge in [0.05, 0.1) is 6.61 Å². The first-order chi connectivity index (χ1) is 15.2. The van der Waals surface area contributed by atoms with Gasteiger partial charge in [-0.15, -0.1) is 24.0 Å². The van der Waals surface area contributed by atoms with Crippen molar-refractivity contribution in [1.29, 1.82) is 0 Å². The minimum absolute atomic E-state index is 0. The molecule has 2 heterocycles. The number of benzene rings is 1. The number of pyridine rings is 1. The van der Waals surface area contributed by atoms with Gasteiger partial charge < -0.3 is 15.4 Å². The summed E-state index contributed by atoms with van der Waals surface area (Å²) in [6, 6.07) is 10.4. The zero-order valence-electron chi connectivity index (χ0n) is 19.0. The smallest absolute Gasteiger partial charge is 0.191 e. The number of halogens is 1. The molecule has 2 N–H and O–H groups in total. The van der Waals surface area contributed by atoms with Crippen LogP contribution in [0.25, 0.3) is 5.82 Å². The van der Waals surface area contributed by atoms with Gasteiger partial charge in [0.1, 0.15) is 17.9 Å². The minimum atomic E-state index is 0. The zero-order valence-corrected chi connectivity index (χ0v) is 21.4. The molecule has 0 saturated carbocycles. The number of rotatable bonds is 10. The normalized spacial score (nSPS) is 11.0. The Morgan fingerprint density at radius 2 is 1.94 bits per heavy atom. The number of guanidine groups is 1. The van der Waals surface area contributed by atoms with E-state index >= 15 is 0 Å². The molecule has 0 amide bonds. The van der Waals surface area contributed by atoms with E-state index in [2.05, 4.69) is 57.6 Å². The highest BCUT2D eigenvalue weighted by Gasteiger charge is 2.07. The number of aliphatic imine (C=N–C) groups is 1. The second-order valence-electron chi connectivity index (χ2n) is 7.44. The van der Waals surface area contributed by atoms with Crippen LogP contribution in [0.2, 0.25) is 0 Å². The number of nitrogens with one attached hydrogen (secondary N) is 2. The molecule has 0 aliphatic carbocycles. The fourth-order valence-corrected chi connectivity index (χ4v) is 3.17. The van der Waals surface area contributed by atoms with Crippen LogP contribution in [0.1, 0.15) is 42.9 Å². The molecule has 3 aromatic rings. The number of hydrogen-bond donors (Lipinski definition) is 2. The second-order valence-corrected chi connectivity index (χ2v) is 7.44. The van der Waals surface area contributed by atoms with Crippen LogP contribution in [0.5, 0.6) is 5.75 Å². The van der Waals surface area contributed by atoms with Crippen molar-refractivity contribution in [3.63, 3.8) is 0 Å². The standard InChI is InChI=1S/C24H32N6O.HI/c1-4-5-6-13-31-22-14-19(2)7-8-21(22)17-29-24(25-3)28-16-20-9-10-27-23(15-20)30-12-11-26-18-30;/h7-12,14-15,18H,4-6,13,16-17H2,1-3H3,(H2,25,28,29);1H. The topological polar surface area (TPSA) is 76.4 Å². The second kappa shape index (κ2) is 13.7. The quantitative estimate of drug-likeness (QED) is 0.167. The number of imidazole rings is 1. The Balaban J connectivity index is 0.00000363. The predicted molar refractivity (Wildman–Crippen MR) is 140 cm³/mol. The van der Waals surface area contributed by atoms with Gasteiger partial charge in [0.15, 0.2) is 5.96 Å². The lowest BCUT2D eigenvalue weighted by Gasteiger charge is -2.16. The van der Waals surface area contributed by atoms with Crippen molar-refractivity contribution in [1.82, 2.24) is 25.2 Å². The van der Waals surface area contributed by atoms with E-state index in [4.69, 9.17) is 4.74 Å². The summed E-state index contributed by atoms with van der Waals surface area (Å²) in [5.41, 5.74) is 3.43. The SMILES string of the molecule is CCCCCOc1cc(C)ccc1CNC(=NC)NCc1ccnc(-n2ccnc2)c1.I. The molecule has 172 valence electrons. The summed E-state index contributed by atoms with van der Waals surface area (Å²) in [5.74, 6) is 2.51. The van der Waals surface area contributed by atoms with Gasteiger partial charge in [-0.3, -0.25) is 9.56 Å². The van der Waals surface area contributed by atoms with E-state index in [1.807, 2.05) is 22.9 Å². The molecule has 7 nitrogen and oxygen atoms in total. The molecule has 0 atom stereocenters. The Morgan fingerprint density at radius 3 is 2.69 bits per heavy atom. The Morgan fingerprint density at radius 1 is 1.09 bits per heavy atom. The Hall–Kier alpha value is -2.62. The molecular weight excluding hydrogens is 515 g/mol. The van der Waals surface area contributed by atoms with Crippen molar-refractivity contribution in [2.45, 2.75) is 46.2 Å². The number of nitrogens with zero attached hydrogens (tertiary/aromatic N) is 4. The third-order valence-electron chi connectivity index (χ3n) is 4.94. The van der Waals surface area contributed by atoms with Gasteiger partial charge in [-0.25, -0.2) is 9.97 Å². The van der Waals surface area contributed by atoms with Crippen LogP contribution in [-0.2, 0) is 13.1 Å². The summed E-state index contributed by atoms with van der Waals surface area (Å²) in [6.45, 7) is 6.31. The molecular formula is C24H33IN6O. The molecule has 8 heteroatoms. The van der Waals surface area contributed by atoms with Crippen molar-refractivity contribution in [2.75, 3.05) is 13.7 Å². The minimum Gasteiger partial charge on any atom is -0.493 e. The van der Waals surface area contributed by atoms with E-state index in [1.54, 1.807) is 25.8 Å². The summed E-state index contributed by atoms with van der Waals surface area (Å²) in [5, 5.41) is 6.75. The lowest BCUT2D eigenvalue weighted by atomic mass is 10.1. The van der Waals surface area contributed by atoms with E-state index in [0.29, 0.717) is 13.1 Å². The fourth-order valence-electron chi connectivity index (χ4n) is 3.17. The molecule has 0 unspecified atom stereocenters. The van der Waals surface area contributed by atoms with Crippen LogP contribution < -0.4 is 15.4 Å². The number of ether oxygens (including phenoxy) is 1. The van der Waals surface area contributed by atoms with E-state index < -0.39 is 0 Å². The lowest BCUT2D eigenvalue weighted by molar-refractivity contribution is 0.303. The third kappa shape index (κ3) is 7.81. The van der Waals surface area contributed by atoms with Gasteiger partial charge in [-0.1, -0.05) is 31.9 Å². The van der Waals surface area contributed by atoms with Crippen LogP contribution in [0.15, 0.2) is 60.2 Å². The first-order valence-corrected chi connectivity index (χ1v) is 10.8. The van der Waals surface area contributed by atoms with Crippen molar-refractivity contribution < 1.29 is 4.74 Å². The van der Waals surface area contributed by atoms with E-state index in [1.165, 1.54) is 18.4 Å². The van der Waals surface area contributed by atoms with Crippen LogP contribution in [0.4, 0.5) is 0 Å². The molecule has 0 radical (unpaired) electrons. The molecule has 0 spiro atoms. The lowest BCUT2D eigenvalue weighted by Crippen LogP contribution is -2.36. The van der Waals surface area contributed by atoms with Gasteiger partial charge in [0.2, 0.25) is 0 Å². The molecule has 3 rings (SSSR count). The Labute approximate surface area is 207 Å². The van der Waals surface area contributed by atoms with Crippen molar-refractivity contribution in [3.8, 4) is 11.6 Å². The monoisotopic (exact) mass is 548 g/mol. The molecule has 0 aliphatic rings. The van der Waals surface area contributed by atoms with Crippen molar-refractivity contribution >= 4 is 29.9 Å². The van der Waals surface area contributed by atoms with Crippen molar-refractivity contribution in [2.24, 2.45) is 4.99 Å². The summed E-state index contributed by atoms with van der Waals surface area (Å²) in [4.78, 5) is 12.8. The molecule has 32 heavy (non-hydrogen) atoms. The van der Waals surface area contributed by atoms with Crippen molar-refractivity contribution in [3.05, 3.63) is 71.9 Å².